The van der Waals surface area contributed by atoms with Gasteiger partial charge in [-0.05, 0) is 42.0 Å². The normalized spacial score (nSPS) is 10.6. The number of carbonyl (C=O) groups excluding carboxylic acids is 1. The van der Waals surface area contributed by atoms with E-state index in [0.29, 0.717) is 46.6 Å². The molecule has 9 heteroatoms. The highest BCUT2D eigenvalue weighted by Crippen LogP contribution is 2.30. The van der Waals surface area contributed by atoms with Gasteiger partial charge in [-0.25, -0.2) is 0 Å². The molecule has 0 spiro atoms. The number of allylic oxidation sites excluding steroid dienone is 1. The number of nitrogens with zero attached hydrogens (tertiary/aromatic N) is 3. The summed E-state index contributed by atoms with van der Waals surface area (Å²) < 4.78 is 17.9. The van der Waals surface area contributed by atoms with Crippen molar-refractivity contribution >= 4 is 23.4 Å². The van der Waals surface area contributed by atoms with E-state index >= 15 is 0 Å². The molecule has 2 aromatic heterocycles. The number of methoxy groups -OCH3 is 2. The Hall–Kier alpha value is -3.98. The van der Waals surface area contributed by atoms with E-state index in [9.17, 15) is 4.79 Å². The number of hydrogen-bond donors (Lipinski definition) is 1. The Kier molecular flexibility index (Phi) is 7.34. The Balaban J connectivity index is 1.41. The number of hydrogen-bond acceptors (Lipinski definition) is 7. The molecule has 0 fully saturated rings. The van der Waals surface area contributed by atoms with E-state index in [1.54, 1.807) is 68.7 Å². The number of amides is 1. The van der Waals surface area contributed by atoms with Gasteiger partial charge in [0.2, 0.25) is 5.82 Å². The van der Waals surface area contributed by atoms with Crippen molar-refractivity contribution in [3.8, 4) is 23.1 Å². The first-order valence-electron chi connectivity index (χ1n) is 10.5. The first-order chi connectivity index (χ1) is 16.6. The van der Waals surface area contributed by atoms with E-state index in [4.69, 9.17) is 13.9 Å². The molecule has 0 aliphatic rings. The Labute approximate surface area is 201 Å². The van der Waals surface area contributed by atoms with Crippen molar-refractivity contribution in [1.82, 2.24) is 14.8 Å². The fourth-order valence-electron chi connectivity index (χ4n) is 3.29. The van der Waals surface area contributed by atoms with Crippen LogP contribution in [0.2, 0.25) is 0 Å². The van der Waals surface area contributed by atoms with Crippen LogP contribution in [0.15, 0.2) is 83.1 Å². The largest absolute Gasteiger partial charge is 0.493 e. The standard InChI is InChI=1S/C25H24N4O4S/c1-4-13-29-23(21-6-5-14-33-21)27-28-25(29)34-16-17-7-9-18(10-8-17)24(30)26-19-11-12-20(31-2)22(15-19)32-3/h4-12,14-15H,1,13,16H2,2-3H3,(H,26,30). The van der Waals surface area contributed by atoms with E-state index < -0.39 is 0 Å². The van der Waals surface area contributed by atoms with Gasteiger partial charge in [0.25, 0.3) is 5.91 Å². The molecular weight excluding hydrogens is 452 g/mol. The number of nitrogens with one attached hydrogen (secondary N) is 1. The van der Waals surface area contributed by atoms with Crippen molar-refractivity contribution in [2.45, 2.75) is 17.5 Å². The summed E-state index contributed by atoms with van der Waals surface area (Å²) in [7, 11) is 3.12. The average Bonchev–Trinajstić information content (AvgIpc) is 3.53. The third kappa shape index (κ3) is 5.15. The highest BCUT2D eigenvalue weighted by atomic mass is 32.2. The summed E-state index contributed by atoms with van der Waals surface area (Å²) in [5.74, 6) is 2.93. The van der Waals surface area contributed by atoms with Crippen molar-refractivity contribution in [3.63, 3.8) is 0 Å². The molecule has 34 heavy (non-hydrogen) atoms. The SMILES string of the molecule is C=CCn1c(SCc2ccc(C(=O)Nc3ccc(OC)c(OC)c3)cc2)nnc1-c1ccco1. The molecule has 1 amide bonds. The van der Waals surface area contributed by atoms with Crippen molar-refractivity contribution < 1.29 is 18.7 Å². The van der Waals surface area contributed by atoms with Crippen LogP contribution in [-0.2, 0) is 12.3 Å². The number of furan rings is 1. The van der Waals surface area contributed by atoms with Crippen molar-refractivity contribution in [2.75, 3.05) is 19.5 Å². The van der Waals surface area contributed by atoms with Gasteiger partial charge < -0.3 is 19.2 Å². The summed E-state index contributed by atoms with van der Waals surface area (Å²) in [5.41, 5.74) is 2.23. The number of anilines is 1. The molecule has 0 atom stereocenters. The molecule has 2 heterocycles. The first-order valence-corrected chi connectivity index (χ1v) is 11.4. The Morgan fingerprint density at radius 2 is 1.91 bits per heavy atom. The Bertz CT molecular complexity index is 1270. The molecule has 0 aliphatic heterocycles. The number of ether oxygens (including phenoxy) is 2. The molecule has 0 bridgehead atoms. The monoisotopic (exact) mass is 476 g/mol. The first kappa shape index (κ1) is 23.2. The highest BCUT2D eigenvalue weighted by molar-refractivity contribution is 7.98. The summed E-state index contributed by atoms with van der Waals surface area (Å²) in [6.07, 6.45) is 3.41. The van der Waals surface area contributed by atoms with E-state index in [-0.39, 0.29) is 5.91 Å². The third-order valence-electron chi connectivity index (χ3n) is 5.00. The lowest BCUT2D eigenvalue weighted by Gasteiger charge is -2.11. The molecular formula is C25H24N4O4S. The van der Waals surface area contributed by atoms with Crippen LogP contribution in [0.25, 0.3) is 11.6 Å². The van der Waals surface area contributed by atoms with Gasteiger partial charge in [0, 0.05) is 29.6 Å². The van der Waals surface area contributed by atoms with Gasteiger partial charge in [0.1, 0.15) is 0 Å². The lowest BCUT2D eigenvalue weighted by atomic mass is 10.1. The number of aromatic nitrogens is 3. The van der Waals surface area contributed by atoms with Gasteiger partial charge in [-0.2, -0.15) is 0 Å². The molecule has 2 aromatic carbocycles. The highest BCUT2D eigenvalue weighted by Gasteiger charge is 2.16. The van der Waals surface area contributed by atoms with Crippen LogP contribution in [0.1, 0.15) is 15.9 Å². The summed E-state index contributed by atoms with van der Waals surface area (Å²) in [5, 5.41) is 12.2. The number of carbonyl (C=O) groups is 1. The minimum absolute atomic E-state index is 0.208. The average molecular weight is 477 g/mol. The van der Waals surface area contributed by atoms with Crippen molar-refractivity contribution in [1.29, 1.82) is 0 Å². The van der Waals surface area contributed by atoms with Crippen LogP contribution < -0.4 is 14.8 Å². The molecule has 4 rings (SSSR count). The molecule has 0 saturated carbocycles. The summed E-state index contributed by atoms with van der Waals surface area (Å²) in [6, 6.07) is 16.4. The third-order valence-corrected chi connectivity index (χ3v) is 6.03. The van der Waals surface area contributed by atoms with Gasteiger partial charge in [0.05, 0.1) is 20.5 Å². The molecule has 0 saturated heterocycles. The zero-order chi connectivity index (χ0) is 23.9. The second kappa shape index (κ2) is 10.8. The predicted molar refractivity (Wildman–Crippen MR) is 131 cm³/mol. The second-order valence-corrected chi connectivity index (χ2v) is 8.13. The lowest BCUT2D eigenvalue weighted by molar-refractivity contribution is 0.102. The Morgan fingerprint density at radius 1 is 1.12 bits per heavy atom. The zero-order valence-corrected chi connectivity index (χ0v) is 19.7. The van der Waals surface area contributed by atoms with Gasteiger partial charge in [-0.1, -0.05) is 30.0 Å². The minimum atomic E-state index is -0.208. The van der Waals surface area contributed by atoms with Gasteiger partial charge in [0.15, 0.2) is 22.4 Å². The van der Waals surface area contributed by atoms with E-state index in [1.165, 1.54) is 0 Å². The molecule has 4 aromatic rings. The molecule has 0 radical (unpaired) electrons. The predicted octanol–water partition coefficient (Wildman–Crippen LogP) is 5.29. The Morgan fingerprint density at radius 3 is 2.59 bits per heavy atom. The van der Waals surface area contributed by atoms with Crippen molar-refractivity contribution in [2.24, 2.45) is 0 Å². The summed E-state index contributed by atoms with van der Waals surface area (Å²) in [4.78, 5) is 12.7. The van der Waals surface area contributed by atoms with Crippen LogP contribution >= 0.6 is 11.8 Å². The van der Waals surface area contributed by atoms with Crippen LogP contribution in [0.5, 0.6) is 11.5 Å². The molecule has 174 valence electrons. The van der Waals surface area contributed by atoms with Gasteiger partial charge >= 0.3 is 0 Å². The van der Waals surface area contributed by atoms with E-state index in [0.717, 1.165) is 10.7 Å². The fourth-order valence-corrected chi connectivity index (χ4v) is 4.20. The molecule has 0 aliphatic carbocycles. The van der Waals surface area contributed by atoms with Gasteiger partial charge in [-0.15, -0.1) is 16.8 Å². The summed E-state index contributed by atoms with van der Waals surface area (Å²) >= 11 is 1.56. The van der Waals surface area contributed by atoms with Crippen LogP contribution in [-0.4, -0.2) is 34.9 Å². The fraction of sp³-hybridized carbons (Fsp3) is 0.160. The van der Waals surface area contributed by atoms with Crippen LogP contribution in [0.3, 0.4) is 0 Å². The molecule has 1 N–H and O–H groups in total. The maximum atomic E-state index is 12.7. The lowest BCUT2D eigenvalue weighted by Crippen LogP contribution is -2.12. The quantitative estimate of drug-likeness (QED) is 0.246. The second-order valence-electron chi connectivity index (χ2n) is 7.19. The maximum absolute atomic E-state index is 12.7. The molecule has 8 nitrogen and oxygen atoms in total. The topological polar surface area (TPSA) is 91.4 Å². The zero-order valence-electron chi connectivity index (χ0n) is 18.9. The number of rotatable bonds is 10. The number of benzene rings is 2. The van der Waals surface area contributed by atoms with E-state index in [1.807, 2.05) is 28.8 Å². The van der Waals surface area contributed by atoms with Crippen LogP contribution in [0, 0.1) is 0 Å². The smallest absolute Gasteiger partial charge is 0.255 e. The minimum Gasteiger partial charge on any atom is -0.493 e. The van der Waals surface area contributed by atoms with Crippen molar-refractivity contribution in [3.05, 3.63) is 84.6 Å². The maximum Gasteiger partial charge on any atom is 0.255 e. The number of thioether (sulfide) groups is 1. The van der Waals surface area contributed by atoms with Gasteiger partial charge in [-0.3, -0.25) is 9.36 Å². The molecule has 0 unspecified atom stereocenters. The summed E-state index contributed by atoms with van der Waals surface area (Å²) in [6.45, 7) is 4.39. The van der Waals surface area contributed by atoms with Crippen LogP contribution in [0.4, 0.5) is 5.69 Å². The van der Waals surface area contributed by atoms with E-state index in [2.05, 4.69) is 22.1 Å².